The van der Waals surface area contributed by atoms with Gasteiger partial charge in [0.25, 0.3) is 0 Å². The van der Waals surface area contributed by atoms with Gasteiger partial charge in [-0.05, 0) is 56.4 Å². The average Bonchev–Trinajstić information content (AvgIpc) is 2.72. The number of rotatable bonds is 3. The van der Waals surface area contributed by atoms with E-state index in [2.05, 4.69) is 49.4 Å². The van der Waals surface area contributed by atoms with Crippen molar-refractivity contribution in [3.05, 3.63) is 29.5 Å². The maximum absolute atomic E-state index is 4.96. The lowest BCUT2D eigenvalue weighted by molar-refractivity contribution is 0.709. The van der Waals surface area contributed by atoms with Gasteiger partial charge in [-0.2, -0.15) is 0 Å². The summed E-state index contributed by atoms with van der Waals surface area (Å²) < 4.78 is 0. The number of pyridine rings is 1. The minimum Gasteiger partial charge on any atom is -0.384 e. The molecule has 0 spiro atoms. The van der Waals surface area contributed by atoms with Crippen LogP contribution in [0.5, 0.6) is 0 Å². The van der Waals surface area contributed by atoms with Crippen LogP contribution >= 0.6 is 0 Å². The Bertz CT molecular complexity index is 646. The minimum atomic E-state index is 0.956. The minimum absolute atomic E-state index is 0.956. The molecule has 3 rings (SSSR count). The van der Waals surface area contributed by atoms with Crippen molar-refractivity contribution in [2.75, 3.05) is 30.9 Å². The molecule has 0 saturated heterocycles. The first-order chi connectivity index (χ1) is 10.2. The topological polar surface area (TPSA) is 28.2 Å². The maximum atomic E-state index is 4.96. The molecule has 3 heteroatoms. The molecular formula is C18H25N3. The molecule has 0 amide bonds. The van der Waals surface area contributed by atoms with Crippen LogP contribution in [0.2, 0.25) is 0 Å². The Hall–Kier alpha value is -1.77. The quantitative estimate of drug-likeness (QED) is 0.863. The Labute approximate surface area is 127 Å². The Morgan fingerprint density at radius 2 is 1.95 bits per heavy atom. The third-order valence-corrected chi connectivity index (χ3v) is 4.37. The predicted octanol–water partition coefficient (Wildman–Crippen LogP) is 4.00. The van der Waals surface area contributed by atoms with E-state index < -0.39 is 0 Å². The van der Waals surface area contributed by atoms with Crippen molar-refractivity contribution in [1.82, 2.24) is 4.98 Å². The second kappa shape index (κ2) is 5.92. The summed E-state index contributed by atoms with van der Waals surface area (Å²) in [5.74, 6) is 0. The van der Waals surface area contributed by atoms with E-state index in [1.165, 1.54) is 47.3 Å². The van der Waals surface area contributed by atoms with Crippen LogP contribution in [0.1, 0.15) is 37.4 Å². The highest BCUT2D eigenvalue weighted by molar-refractivity contribution is 5.95. The molecule has 0 atom stereocenters. The summed E-state index contributed by atoms with van der Waals surface area (Å²) in [5, 5.41) is 4.88. The fraction of sp³-hybridized carbons (Fsp3) is 0.500. The van der Waals surface area contributed by atoms with Crippen LogP contribution in [0.3, 0.4) is 0 Å². The number of nitrogens with one attached hydrogen (secondary N) is 1. The number of benzene rings is 1. The van der Waals surface area contributed by atoms with Crippen LogP contribution in [0.15, 0.2) is 18.2 Å². The van der Waals surface area contributed by atoms with Crippen LogP contribution < -0.4 is 10.2 Å². The zero-order valence-electron chi connectivity index (χ0n) is 13.4. The highest BCUT2D eigenvalue weighted by Gasteiger charge is 2.17. The zero-order chi connectivity index (χ0) is 14.8. The zero-order valence-corrected chi connectivity index (χ0v) is 13.4. The van der Waals surface area contributed by atoms with Gasteiger partial charge in [0.15, 0.2) is 0 Å². The number of nitrogens with zero attached hydrogens (tertiary/aromatic N) is 2. The summed E-state index contributed by atoms with van der Waals surface area (Å²) in [4.78, 5) is 7.11. The standard InChI is InChI=1S/C18H25N3/c1-4-19-18-14-8-6-5-7-9-16(14)20-17-11-10-13(21(2)3)12-15(17)18/h10-12H,4-9H2,1-3H3,(H,19,20). The van der Waals surface area contributed by atoms with Crippen molar-refractivity contribution in [3.63, 3.8) is 0 Å². The number of fused-ring (bicyclic) bond motifs is 2. The summed E-state index contributed by atoms with van der Waals surface area (Å²) in [5.41, 5.74) is 6.45. The van der Waals surface area contributed by atoms with E-state index >= 15 is 0 Å². The van der Waals surface area contributed by atoms with Crippen LogP contribution in [0, 0.1) is 0 Å². The normalized spacial score (nSPS) is 14.6. The molecule has 21 heavy (non-hydrogen) atoms. The van der Waals surface area contributed by atoms with E-state index in [0.717, 1.165) is 24.9 Å². The molecule has 1 N–H and O–H groups in total. The van der Waals surface area contributed by atoms with Gasteiger partial charge < -0.3 is 10.2 Å². The van der Waals surface area contributed by atoms with Gasteiger partial charge >= 0.3 is 0 Å². The van der Waals surface area contributed by atoms with E-state index in [0.29, 0.717) is 0 Å². The van der Waals surface area contributed by atoms with Crippen LogP contribution in [0.4, 0.5) is 11.4 Å². The molecule has 3 nitrogen and oxygen atoms in total. The van der Waals surface area contributed by atoms with E-state index in [1.807, 2.05) is 0 Å². The lowest BCUT2D eigenvalue weighted by Gasteiger charge is -2.19. The van der Waals surface area contributed by atoms with Crippen molar-refractivity contribution in [3.8, 4) is 0 Å². The molecule has 0 saturated carbocycles. The largest absolute Gasteiger partial charge is 0.384 e. The van der Waals surface area contributed by atoms with Gasteiger partial charge in [0.05, 0.1) is 5.52 Å². The number of aryl methyl sites for hydroxylation is 1. The molecule has 0 fully saturated rings. The number of hydrogen-bond acceptors (Lipinski definition) is 3. The summed E-state index contributed by atoms with van der Waals surface area (Å²) in [7, 11) is 4.18. The van der Waals surface area contributed by atoms with Gasteiger partial charge in [0, 0.05) is 43.1 Å². The highest BCUT2D eigenvalue weighted by atomic mass is 15.1. The second-order valence-corrected chi connectivity index (χ2v) is 6.10. The van der Waals surface area contributed by atoms with Gasteiger partial charge in [-0.15, -0.1) is 0 Å². The Morgan fingerprint density at radius 3 is 2.71 bits per heavy atom. The molecule has 0 radical (unpaired) electrons. The molecule has 1 aromatic carbocycles. The van der Waals surface area contributed by atoms with E-state index in [4.69, 9.17) is 4.98 Å². The fourth-order valence-corrected chi connectivity index (χ4v) is 3.25. The molecule has 1 aliphatic carbocycles. The molecule has 1 heterocycles. The molecule has 2 aromatic rings. The van der Waals surface area contributed by atoms with E-state index in [9.17, 15) is 0 Å². The van der Waals surface area contributed by atoms with E-state index in [-0.39, 0.29) is 0 Å². The van der Waals surface area contributed by atoms with Gasteiger partial charge in [-0.1, -0.05) is 6.42 Å². The van der Waals surface area contributed by atoms with Crippen molar-refractivity contribution >= 4 is 22.3 Å². The van der Waals surface area contributed by atoms with Crippen LogP contribution in [0.25, 0.3) is 10.9 Å². The maximum Gasteiger partial charge on any atom is 0.0727 e. The summed E-state index contributed by atoms with van der Waals surface area (Å²) >= 11 is 0. The van der Waals surface area contributed by atoms with Crippen molar-refractivity contribution in [2.24, 2.45) is 0 Å². The third kappa shape index (κ3) is 2.69. The Kier molecular flexibility index (Phi) is 4.00. The molecule has 0 bridgehead atoms. The predicted molar refractivity (Wildman–Crippen MR) is 91.5 cm³/mol. The van der Waals surface area contributed by atoms with Crippen LogP contribution in [-0.2, 0) is 12.8 Å². The first-order valence-corrected chi connectivity index (χ1v) is 8.07. The fourth-order valence-electron chi connectivity index (χ4n) is 3.25. The number of aromatic nitrogens is 1. The van der Waals surface area contributed by atoms with Crippen molar-refractivity contribution < 1.29 is 0 Å². The lowest BCUT2D eigenvalue weighted by atomic mass is 10.0. The Balaban J connectivity index is 2.24. The lowest BCUT2D eigenvalue weighted by Crippen LogP contribution is -2.10. The molecular weight excluding hydrogens is 258 g/mol. The highest BCUT2D eigenvalue weighted by Crippen LogP contribution is 2.34. The molecule has 1 aliphatic rings. The first-order valence-electron chi connectivity index (χ1n) is 8.07. The average molecular weight is 283 g/mol. The third-order valence-electron chi connectivity index (χ3n) is 4.37. The van der Waals surface area contributed by atoms with Gasteiger partial charge in [0.1, 0.15) is 0 Å². The first kappa shape index (κ1) is 14.2. The SMILES string of the molecule is CCNc1c2c(nc3ccc(N(C)C)cc13)CCCCC2. The summed E-state index contributed by atoms with van der Waals surface area (Å²) in [6.45, 7) is 3.13. The summed E-state index contributed by atoms with van der Waals surface area (Å²) in [6, 6.07) is 6.59. The summed E-state index contributed by atoms with van der Waals surface area (Å²) in [6.07, 6.45) is 6.16. The van der Waals surface area contributed by atoms with Crippen LogP contribution in [-0.4, -0.2) is 25.6 Å². The number of hydrogen-bond donors (Lipinski definition) is 1. The molecule has 1 aromatic heterocycles. The van der Waals surface area contributed by atoms with Gasteiger partial charge in [-0.25, -0.2) is 0 Å². The molecule has 0 aliphatic heterocycles. The van der Waals surface area contributed by atoms with E-state index in [1.54, 1.807) is 0 Å². The second-order valence-electron chi connectivity index (χ2n) is 6.10. The van der Waals surface area contributed by atoms with Gasteiger partial charge in [-0.3, -0.25) is 4.98 Å². The van der Waals surface area contributed by atoms with Gasteiger partial charge in [0.2, 0.25) is 0 Å². The molecule has 112 valence electrons. The smallest absolute Gasteiger partial charge is 0.0727 e. The Morgan fingerprint density at radius 1 is 1.14 bits per heavy atom. The van der Waals surface area contributed by atoms with Crippen molar-refractivity contribution in [1.29, 1.82) is 0 Å². The van der Waals surface area contributed by atoms with Crippen molar-refractivity contribution in [2.45, 2.75) is 39.0 Å². The molecule has 0 unspecified atom stereocenters. The monoisotopic (exact) mass is 283 g/mol. The number of anilines is 2.